The van der Waals surface area contributed by atoms with Gasteiger partial charge in [-0.05, 0) is 30.3 Å². The Morgan fingerprint density at radius 3 is 2.53 bits per heavy atom. The number of aliphatic hydroxyl groups excluding tert-OH is 1. The second kappa shape index (κ2) is 8.42. The summed E-state index contributed by atoms with van der Waals surface area (Å²) in [5.74, 6) is -1.26. The normalized spacial score (nSPS) is 12.1. The number of rotatable bonds is 6. The van der Waals surface area contributed by atoms with Gasteiger partial charge in [0.25, 0.3) is 5.91 Å². The number of benzene rings is 3. The van der Waals surface area contributed by atoms with Crippen molar-refractivity contribution in [1.82, 2.24) is 14.9 Å². The fraction of sp³-hybridized carbons (Fsp3) is 0.130. The molecule has 1 atom stereocenters. The topological polar surface area (TPSA) is 67.2 Å². The van der Waals surface area contributed by atoms with Gasteiger partial charge in [-0.2, -0.15) is 0 Å². The Balaban J connectivity index is 1.61. The highest BCUT2D eigenvalue weighted by atomic mass is 19.1. The SMILES string of the molecule is O=C(NCc1nc2ccccc2n1CC(O)c1ccc(F)cc1F)c1ccccc1. The Hall–Kier alpha value is -3.58. The van der Waals surface area contributed by atoms with Gasteiger partial charge in [0.2, 0.25) is 0 Å². The van der Waals surface area contributed by atoms with Gasteiger partial charge in [-0.15, -0.1) is 0 Å². The molecule has 0 bridgehead atoms. The van der Waals surface area contributed by atoms with Crippen LogP contribution >= 0.6 is 0 Å². The molecule has 1 unspecified atom stereocenters. The molecule has 152 valence electrons. The van der Waals surface area contributed by atoms with Gasteiger partial charge in [0.15, 0.2) is 0 Å². The van der Waals surface area contributed by atoms with Gasteiger partial charge < -0.3 is 15.0 Å². The molecular formula is C23H19F2N3O2. The van der Waals surface area contributed by atoms with Gasteiger partial charge >= 0.3 is 0 Å². The van der Waals surface area contributed by atoms with Crippen molar-refractivity contribution in [2.75, 3.05) is 0 Å². The molecule has 1 amide bonds. The van der Waals surface area contributed by atoms with Crippen LogP contribution in [0, 0.1) is 11.6 Å². The fourth-order valence-electron chi connectivity index (χ4n) is 3.36. The summed E-state index contributed by atoms with van der Waals surface area (Å²) < 4.78 is 29.0. The van der Waals surface area contributed by atoms with Crippen LogP contribution in [-0.4, -0.2) is 20.6 Å². The quantitative estimate of drug-likeness (QED) is 0.508. The minimum atomic E-state index is -1.22. The van der Waals surface area contributed by atoms with E-state index in [-0.39, 0.29) is 24.6 Å². The summed E-state index contributed by atoms with van der Waals surface area (Å²) >= 11 is 0. The monoisotopic (exact) mass is 407 g/mol. The molecule has 2 N–H and O–H groups in total. The van der Waals surface area contributed by atoms with Crippen molar-refractivity contribution in [3.8, 4) is 0 Å². The molecule has 0 radical (unpaired) electrons. The Labute approximate surface area is 171 Å². The highest BCUT2D eigenvalue weighted by Crippen LogP contribution is 2.24. The fourth-order valence-corrected chi connectivity index (χ4v) is 3.36. The lowest BCUT2D eigenvalue weighted by molar-refractivity contribution is 0.0949. The van der Waals surface area contributed by atoms with E-state index in [1.807, 2.05) is 30.3 Å². The number of aromatic nitrogens is 2. The first-order valence-corrected chi connectivity index (χ1v) is 9.43. The van der Waals surface area contributed by atoms with Crippen molar-refractivity contribution in [3.05, 3.63) is 101 Å². The van der Waals surface area contributed by atoms with E-state index < -0.39 is 17.7 Å². The van der Waals surface area contributed by atoms with Crippen molar-refractivity contribution in [2.24, 2.45) is 0 Å². The minimum absolute atomic E-state index is 0.000390. The summed E-state index contributed by atoms with van der Waals surface area (Å²) in [6.07, 6.45) is -1.22. The smallest absolute Gasteiger partial charge is 0.251 e. The first kappa shape index (κ1) is 19.7. The summed E-state index contributed by atoms with van der Waals surface area (Å²) in [5, 5.41) is 13.4. The number of carbonyl (C=O) groups is 1. The van der Waals surface area contributed by atoms with Crippen molar-refractivity contribution < 1.29 is 18.7 Å². The highest BCUT2D eigenvalue weighted by molar-refractivity contribution is 5.94. The molecular weight excluding hydrogens is 388 g/mol. The third kappa shape index (κ3) is 4.06. The summed E-state index contributed by atoms with van der Waals surface area (Å²) in [5.41, 5.74) is 1.94. The second-order valence-corrected chi connectivity index (χ2v) is 6.86. The van der Waals surface area contributed by atoms with E-state index in [0.29, 0.717) is 16.9 Å². The van der Waals surface area contributed by atoms with Crippen LogP contribution in [0.3, 0.4) is 0 Å². The first-order valence-electron chi connectivity index (χ1n) is 9.43. The molecule has 4 rings (SSSR count). The number of nitrogens with one attached hydrogen (secondary N) is 1. The number of imidazole rings is 1. The summed E-state index contributed by atoms with van der Waals surface area (Å²) in [6.45, 7) is 0.126. The van der Waals surface area contributed by atoms with E-state index >= 15 is 0 Å². The maximum Gasteiger partial charge on any atom is 0.251 e. The van der Waals surface area contributed by atoms with Crippen molar-refractivity contribution in [3.63, 3.8) is 0 Å². The van der Waals surface area contributed by atoms with E-state index in [1.165, 1.54) is 6.07 Å². The molecule has 0 aliphatic heterocycles. The largest absolute Gasteiger partial charge is 0.386 e. The minimum Gasteiger partial charge on any atom is -0.386 e. The Morgan fingerprint density at radius 1 is 1.03 bits per heavy atom. The van der Waals surface area contributed by atoms with Crippen LogP contribution in [0.25, 0.3) is 11.0 Å². The molecule has 0 saturated heterocycles. The van der Waals surface area contributed by atoms with Gasteiger partial charge in [-0.1, -0.05) is 36.4 Å². The zero-order valence-electron chi connectivity index (χ0n) is 15.9. The lowest BCUT2D eigenvalue weighted by Crippen LogP contribution is -2.25. The van der Waals surface area contributed by atoms with Gasteiger partial charge in [0, 0.05) is 17.2 Å². The third-order valence-electron chi connectivity index (χ3n) is 4.85. The molecule has 1 heterocycles. The Morgan fingerprint density at radius 2 is 1.77 bits per heavy atom. The average molecular weight is 407 g/mol. The summed E-state index contributed by atoms with van der Waals surface area (Å²) in [4.78, 5) is 16.9. The molecule has 3 aromatic carbocycles. The standard InChI is InChI=1S/C23H19F2N3O2/c24-16-10-11-17(18(25)12-16)21(29)14-28-20-9-5-4-8-19(20)27-22(28)13-26-23(30)15-6-2-1-3-7-15/h1-12,21,29H,13-14H2,(H,26,30). The third-order valence-corrected chi connectivity index (χ3v) is 4.85. The molecule has 0 aliphatic carbocycles. The van der Waals surface area contributed by atoms with Gasteiger partial charge in [-0.25, -0.2) is 13.8 Å². The maximum absolute atomic E-state index is 14.1. The highest BCUT2D eigenvalue weighted by Gasteiger charge is 2.19. The van der Waals surface area contributed by atoms with Crippen LogP contribution in [0.2, 0.25) is 0 Å². The predicted octanol–water partition coefficient (Wildman–Crippen LogP) is 3.98. The zero-order valence-corrected chi connectivity index (χ0v) is 15.9. The van der Waals surface area contributed by atoms with Crippen LogP contribution in [0.4, 0.5) is 8.78 Å². The van der Waals surface area contributed by atoms with Crippen LogP contribution in [0.1, 0.15) is 27.8 Å². The van der Waals surface area contributed by atoms with Crippen molar-refractivity contribution in [1.29, 1.82) is 0 Å². The van der Waals surface area contributed by atoms with Crippen LogP contribution < -0.4 is 5.32 Å². The molecule has 1 aromatic heterocycles. The van der Waals surface area contributed by atoms with E-state index in [2.05, 4.69) is 10.3 Å². The molecule has 0 spiro atoms. The van der Waals surface area contributed by atoms with Crippen molar-refractivity contribution in [2.45, 2.75) is 19.2 Å². The van der Waals surface area contributed by atoms with E-state index in [4.69, 9.17) is 0 Å². The molecule has 30 heavy (non-hydrogen) atoms. The number of amides is 1. The lowest BCUT2D eigenvalue weighted by Gasteiger charge is -2.16. The molecule has 0 aliphatic rings. The average Bonchev–Trinajstić information content (AvgIpc) is 3.10. The molecule has 0 fully saturated rings. The first-order chi connectivity index (χ1) is 14.5. The lowest BCUT2D eigenvalue weighted by atomic mass is 10.1. The van der Waals surface area contributed by atoms with Crippen LogP contribution in [0.15, 0.2) is 72.8 Å². The maximum atomic E-state index is 14.1. The number of halogens is 2. The molecule has 4 aromatic rings. The number of carbonyl (C=O) groups excluding carboxylic acids is 1. The van der Waals surface area contributed by atoms with E-state index in [1.54, 1.807) is 28.8 Å². The molecule has 0 saturated carbocycles. The Bertz CT molecular complexity index is 1190. The number of hydrogen-bond acceptors (Lipinski definition) is 3. The second-order valence-electron chi connectivity index (χ2n) is 6.86. The van der Waals surface area contributed by atoms with Gasteiger partial charge in [0.05, 0.1) is 30.2 Å². The van der Waals surface area contributed by atoms with Crippen LogP contribution in [0.5, 0.6) is 0 Å². The zero-order chi connectivity index (χ0) is 21.1. The van der Waals surface area contributed by atoms with E-state index in [0.717, 1.165) is 17.6 Å². The van der Waals surface area contributed by atoms with Gasteiger partial charge in [0.1, 0.15) is 17.5 Å². The van der Waals surface area contributed by atoms with Crippen LogP contribution in [-0.2, 0) is 13.1 Å². The van der Waals surface area contributed by atoms with Gasteiger partial charge in [-0.3, -0.25) is 4.79 Å². The molecule has 7 heteroatoms. The summed E-state index contributed by atoms with van der Waals surface area (Å²) in [7, 11) is 0. The van der Waals surface area contributed by atoms with E-state index in [9.17, 15) is 18.7 Å². The number of para-hydroxylation sites is 2. The summed E-state index contributed by atoms with van der Waals surface area (Å²) in [6, 6.07) is 19.2. The number of nitrogens with zero attached hydrogens (tertiary/aromatic N) is 2. The number of fused-ring (bicyclic) bond motifs is 1. The predicted molar refractivity (Wildman–Crippen MR) is 109 cm³/mol. The molecule has 5 nitrogen and oxygen atoms in total. The number of hydrogen-bond donors (Lipinski definition) is 2. The number of aliphatic hydroxyl groups is 1. The Kier molecular flexibility index (Phi) is 5.54. The van der Waals surface area contributed by atoms with Crippen molar-refractivity contribution >= 4 is 16.9 Å².